The minimum Gasteiger partial charge on any atom is -0.336 e. The normalized spacial score (nSPS) is 10.7. The Hall–Kier alpha value is -2.83. The van der Waals surface area contributed by atoms with Crippen LogP contribution in [0.4, 0.5) is 5.69 Å². The lowest BCUT2D eigenvalue weighted by Crippen LogP contribution is -2.36. The molecule has 0 saturated carbocycles. The first-order chi connectivity index (χ1) is 14.3. The van der Waals surface area contributed by atoms with Crippen molar-refractivity contribution in [1.82, 2.24) is 14.7 Å². The van der Waals surface area contributed by atoms with Gasteiger partial charge in [-0.15, -0.1) is 0 Å². The molecule has 0 bridgehead atoms. The van der Waals surface area contributed by atoms with Crippen molar-refractivity contribution in [2.24, 2.45) is 0 Å². The number of para-hydroxylation sites is 1. The van der Waals surface area contributed by atoms with Gasteiger partial charge in [-0.1, -0.05) is 41.4 Å². The van der Waals surface area contributed by atoms with Crippen molar-refractivity contribution in [1.29, 1.82) is 0 Å². The summed E-state index contributed by atoms with van der Waals surface area (Å²) in [4.78, 5) is 26.4. The van der Waals surface area contributed by atoms with Crippen LogP contribution >= 0.6 is 23.2 Å². The summed E-state index contributed by atoms with van der Waals surface area (Å²) < 4.78 is 1.71. The largest absolute Gasteiger partial charge is 0.336 e. The van der Waals surface area contributed by atoms with Gasteiger partial charge < -0.3 is 10.2 Å². The molecule has 6 nitrogen and oxygen atoms in total. The van der Waals surface area contributed by atoms with Gasteiger partial charge in [0, 0.05) is 29.0 Å². The Bertz CT molecular complexity index is 1080. The summed E-state index contributed by atoms with van der Waals surface area (Å²) in [5, 5.41) is 8.33. The topological polar surface area (TPSA) is 67.2 Å². The van der Waals surface area contributed by atoms with Crippen molar-refractivity contribution in [2.75, 3.05) is 18.9 Å². The van der Waals surface area contributed by atoms with Gasteiger partial charge in [0.25, 0.3) is 0 Å². The highest BCUT2D eigenvalue weighted by atomic mass is 35.5. The van der Waals surface area contributed by atoms with Crippen LogP contribution in [0.2, 0.25) is 10.0 Å². The van der Waals surface area contributed by atoms with Gasteiger partial charge in [0.2, 0.25) is 11.8 Å². The predicted octanol–water partition coefficient (Wildman–Crippen LogP) is 4.44. The SMILES string of the molecule is Cc1nn(-c2ccc(Cl)cc2Cl)c(C)c1CC(=O)N(C)CC(=O)Nc1ccccc1. The number of anilines is 1. The number of carbonyl (C=O) groups excluding carboxylic acids is 2. The van der Waals surface area contributed by atoms with Gasteiger partial charge in [0.05, 0.1) is 29.4 Å². The third kappa shape index (κ3) is 5.01. The van der Waals surface area contributed by atoms with E-state index in [1.54, 1.807) is 42.1 Å². The van der Waals surface area contributed by atoms with Crippen LogP contribution in [-0.4, -0.2) is 40.1 Å². The zero-order valence-corrected chi connectivity index (χ0v) is 18.5. The van der Waals surface area contributed by atoms with Gasteiger partial charge in [-0.05, 0) is 44.2 Å². The highest BCUT2D eigenvalue weighted by Crippen LogP contribution is 2.27. The van der Waals surface area contributed by atoms with E-state index in [1.165, 1.54) is 4.90 Å². The molecule has 0 fully saturated rings. The molecule has 0 aliphatic carbocycles. The Labute approximate surface area is 185 Å². The third-order valence-corrected chi connectivity index (χ3v) is 5.31. The zero-order valence-electron chi connectivity index (χ0n) is 16.9. The lowest BCUT2D eigenvalue weighted by atomic mass is 10.1. The summed E-state index contributed by atoms with van der Waals surface area (Å²) in [7, 11) is 1.61. The van der Waals surface area contributed by atoms with Crippen LogP contribution in [0.15, 0.2) is 48.5 Å². The maximum absolute atomic E-state index is 12.7. The summed E-state index contributed by atoms with van der Waals surface area (Å²) in [6, 6.07) is 14.3. The first-order valence-corrected chi connectivity index (χ1v) is 10.1. The van der Waals surface area contributed by atoms with E-state index in [4.69, 9.17) is 23.2 Å². The molecule has 0 radical (unpaired) electrons. The summed E-state index contributed by atoms with van der Waals surface area (Å²) >= 11 is 12.3. The number of carbonyl (C=O) groups is 2. The highest BCUT2D eigenvalue weighted by Gasteiger charge is 2.20. The molecule has 2 aromatic carbocycles. The molecule has 3 rings (SSSR count). The summed E-state index contributed by atoms with van der Waals surface area (Å²) in [6.45, 7) is 3.69. The van der Waals surface area contributed by atoms with Crippen LogP contribution in [0.5, 0.6) is 0 Å². The molecular formula is C22H22Cl2N4O2. The number of amides is 2. The van der Waals surface area contributed by atoms with Crippen LogP contribution in [-0.2, 0) is 16.0 Å². The lowest BCUT2D eigenvalue weighted by molar-refractivity contribution is -0.132. The van der Waals surface area contributed by atoms with Gasteiger partial charge in [-0.2, -0.15) is 5.10 Å². The number of nitrogens with zero attached hydrogens (tertiary/aromatic N) is 3. The predicted molar refractivity (Wildman–Crippen MR) is 119 cm³/mol. The molecule has 0 aliphatic rings. The van der Waals surface area contributed by atoms with E-state index in [-0.39, 0.29) is 24.8 Å². The van der Waals surface area contributed by atoms with Gasteiger partial charge in [0.1, 0.15) is 0 Å². The van der Waals surface area contributed by atoms with Crippen molar-refractivity contribution in [2.45, 2.75) is 20.3 Å². The van der Waals surface area contributed by atoms with E-state index in [0.717, 1.165) is 17.0 Å². The van der Waals surface area contributed by atoms with Crippen LogP contribution < -0.4 is 5.32 Å². The molecule has 3 aromatic rings. The minimum absolute atomic E-state index is 0.0387. The molecule has 2 amide bonds. The standard InChI is InChI=1S/C22H22Cl2N4O2/c1-14-18(15(2)28(26-14)20-10-9-16(23)11-19(20)24)12-22(30)27(3)13-21(29)25-17-7-5-4-6-8-17/h4-11H,12-13H2,1-3H3,(H,25,29). The summed E-state index contributed by atoms with van der Waals surface area (Å²) in [5.74, 6) is -0.430. The van der Waals surface area contributed by atoms with Crippen LogP contribution in [0.1, 0.15) is 17.0 Å². The quantitative estimate of drug-likeness (QED) is 0.610. The molecule has 30 heavy (non-hydrogen) atoms. The van der Waals surface area contributed by atoms with Gasteiger partial charge in [-0.25, -0.2) is 4.68 Å². The Morgan fingerprint density at radius 3 is 2.47 bits per heavy atom. The summed E-state index contributed by atoms with van der Waals surface area (Å²) in [6.07, 6.45) is 0.137. The number of halogens is 2. The number of aromatic nitrogens is 2. The second-order valence-corrected chi connectivity index (χ2v) is 7.84. The van der Waals surface area contributed by atoms with Crippen molar-refractivity contribution in [3.8, 4) is 5.69 Å². The summed E-state index contributed by atoms with van der Waals surface area (Å²) in [5.41, 5.74) is 3.73. The van der Waals surface area contributed by atoms with Crippen LogP contribution in [0.3, 0.4) is 0 Å². The molecule has 1 heterocycles. The van der Waals surface area contributed by atoms with Gasteiger partial charge >= 0.3 is 0 Å². The molecule has 0 unspecified atom stereocenters. The number of nitrogens with one attached hydrogen (secondary N) is 1. The fraction of sp³-hybridized carbons (Fsp3) is 0.227. The molecule has 156 valence electrons. The monoisotopic (exact) mass is 444 g/mol. The van der Waals surface area contributed by atoms with E-state index in [9.17, 15) is 9.59 Å². The maximum Gasteiger partial charge on any atom is 0.243 e. The molecule has 1 N–H and O–H groups in total. The molecule has 1 aromatic heterocycles. The Kier molecular flexibility index (Phi) is 6.80. The number of hydrogen-bond acceptors (Lipinski definition) is 3. The number of likely N-dealkylation sites (N-methyl/N-ethyl adjacent to an activating group) is 1. The van der Waals surface area contributed by atoms with E-state index >= 15 is 0 Å². The van der Waals surface area contributed by atoms with E-state index < -0.39 is 0 Å². The number of benzene rings is 2. The maximum atomic E-state index is 12.7. The second-order valence-electron chi connectivity index (χ2n) is 7.00. The van der Waals surface area contributed by atoms with Crippen LogP contribution in [0, 0.1) is 13.8 Å². The van der Waals surface area contributed by atoms with Gasteiger partial charge in [0.15, 0.2) is 0 Å². The first kappa shape index (κ1) is 21.9. The Morgan fingerprint density at radius 2 is 1.80 bits per heavy atom. The average Bonchev–Trinajstić information content (AvgIpc) is 2.96. The Balaban J connectivity index is 1.70. The van der Waals surface area contributed by atoms with Gasteiger partial charge in [-0.3, -0.25) is 9.59 Å². The first-order valence-electron chi connectivity index (χ1n) is 9.35. The number of aryl methyl sites for hydroxylation is 1. The number of hydrogen-bond donors (Lipinski definition) is 1. The molecule has 0 atom stereocenters. The zero-order chi connectivity index (χ0) is 21.8. The fourth-order valence-corrected chi connectivity index (χ4v) is 3.62. The minimum atomic E-state index is -0.255. The van der Waals surface area contributed by atoms with Crippen LogP contribution in [0.25, 0.3) is 5.69 Å². The lowest BCUT2D eigenvalue weighted by Gasteiger charge is -2.17. The van der Waals surface area contributed by atoms with Crippen molar-refractivity contribution >= 4 is 40.7 Å². The molecular weight excluding hydrogens is 423 g/mol. The van der Waals surface area contributed by atoms with E-state index in [0.29, 0.717) is 21.4 Å². The van der Waals surface area contributed by atoms with E-state index in [1.807, 2.05) is 32.0 Å². The molecule has 8 heteroatoms. The van der Waals surface area contributed by atoms with Crippen molar-refractivity contribution in [3.63, 3.8) is 0 Å². The average molecular weight is 445 g/mol. The molecule has 0 saturated heterocycles. The third-order valence-electron chi connectivity index (χ3n) is 4.77. The molecule has 0 spiro atoms. The van der Waals surface area contributed by atoms with Crippen molar-refractivity contribution in [3.05, 3.63) is 75.5 Å². The molecule has 0 aliphatic heterocycles. The Morgan fingerprint density at radius 1 is 1.10 bits per heavy atom. The van der Waals surface area contributed by atoms with E-state index in [2.05, 4.69) is 10.4 Å². The fourth-order valence-electron chi connectivity index (χ4n) is 3.13. The number of rotatable bonds is 6. The van der Waals surface area contributed by atoms with Crippen molar-refractivity contribution < 1.29 is 9.59 Å². The highest BCUT2D eigenvalue weighted by molar-refractivity contribution is 6.35. The second kappa shape index (κ2) is 9.32. The smallest absolute Gasteiger partial charge is 0.243 e.